The molecule has 0 radical (unpaired) electrons. The lowest BCUT2D eigenvalue weighted by molar-refractivity contribution is -0.261. The van der Waals surface area contributed by atoms with Gasteiger partial charge in [0.05, 0.1) is 18.2 Å². The molecule has 0 aromatic heterocycles. The monoisotopic (exact) mass is 913 g/mol. The highest BCUT2D eigenvalue weighted by Gasteiger charge is 2.74. The Morgan fingerprint density at radius 2 is 1.58 bits per heavy atom. The molecule has 4 aliphatic carbocycles. The van der Waals surface area contributed by atoms with Crippen molar-refractivity contribution >= 4 is 46.9 Å². The lowest BCUT2D eigenvalue weighted by atomic mass is 9.44. The van der Waals surface area contributed by atoms with E-state index in [2.05, 4.69) is 21.3 Å². The summed E-state index contributed by atoms with van der Waals surface area (Å²) in [5.74, 6) is -5.03. The molecule has 0 saturated heterocycles. The molecule has 352 valence electrons. The highest BCUT2D eigenvalue weighted by atomic mass is 19.1. The third kappa shape index (κ3) is 8.99. The zero-order chi connectivity index (χ0) is 47.9. The van der Waals surface area contributed by atoms with Crippen molar-refractivity contribution in [3.8, 4) is 0 Å². The number of anilines is 1. The first-order valence-corrected chi connectivity index (χ1v) is 22.3. The van der Waals surface area contributed by atoms with Crippen molar-refractivity contribution in [2.75, 3.05) is 18.4 Å². The number of fused-ring (bicyclic) bond motifs is 5. The SMILES string of the molecule is CC(NC(=O)CNC(=O)CCN1C(=O)C=CC1=O)C(=O)N[C@@H](C)C(=O)Nc1cccc(Cc2ccc([C@H](O)O[C@]3(C)CCC4C5C[C@H](F)C6=CC(=O)C=CC6(C)[C@@]5(F)C(O)CC43C)cc2)c1. The van der Waals surface area contributed by atoms with Crippen LogP contribution in [0.1, 0.15) is 89.7 Å². The van der Waals surface area contributed by atoms with Crippen LogP contribution in [0.5, 0.6) is 0 Å². The van der Waals surface area contributed by atoms with Gasteiger partial charge in [-0.1, -0.05) is 49.4 Å². The van der Waals surface area contributed by atoms with Crippen LogP contribution >= 0.6 is 0 Å². The molecule has 3 saturated carbocycles. The second-order valence-electron chi connectivity index (χ2n) is 18.9. The molecule has 2 aromatic rings. The van der Waals surface area contributed by atoms with Crippen LogP contribution in [0.25, 0.3) is 0 Å². The molecule has 17 heteroatoms. The maximum atomic E-state index is 17.5. The highest BCUT2D eigenvalue weighted by Crippen LogP contribution is 2.70. The summed E-state index contributed by atoms with van der Waals surface area (Å²) in [5, 5.41) is 33.3. The van der Waals surface area contributed by atoms with Crippen molar-refractivity contribution in [2.24, 2.45) is 22.7 Å². The number of rotatable bonds is 15. The summed E-state index contributed by atoms with van der Waals surface area (Å²) in [4.78, 5) is 86.6. The molecule has 6 amide bonds. The Morgan fingerprint density at radius 3 is 2.27 bits per heavy atom. The number of aliphatic hydroxyl groups is 2. The van der Waals surface area contributed by atoms with E-state index >= 15 is 8.78 Å². The Hall–Kier alpha value is -5.91. The number of hydrogen-bond donors (Lipinski definition) is 6. The summed E-state index contributed by atoms with van der Waals surface area (Å²) in [6.45, 7) is 7.69. The average Bonchev–Trinajstić information content (AvgIpc) is 3.72. The number of nitrogens with zero attached hydrogens (tertiary/aromatic N) is 1. The lowest BCUT2D eigenvalue weighted by Gasteiger charge is -2.63. The molecule has 6 unspecified atom stereocenters. The zero-order valence-corrected chi connectivity index (χ0v) is 37.6. The average molecular weight is 914 g/mol. The number of halogens is 2. The minimum atomic E-state index is -2.19. The van der Waals surface area contributed by atoms with E-state index in [1.807, 2.05) is 32.0 Å². The molecule has 2 aromatic carbocycles. The Morgan fingerprint density at radius 1 is 0.894 bits per heavy atom. The maximum Gasteiger partial charge on any atom is 0.253 e. The fraction of sp³-hybridized carbons (Fsp3) is 0.490. The van der Waals surface area contributed by atoms with Crippen LogP contribution in [-0.4, -0.2) is 105 Å². The molecule has 11 atom stereocenters. The van der Waals surface area contributed by atoms with Gasteiger partial charge in [0.1, 0.15) is 18.3 Å². The van der Waals surface area contributed by atoms with Gasteiger partial charge in [-0.05, 0) is 107 Å². The van der Waals surface area contributed by atoms with Gasteiger partial charge in [-0.3, -0.25) is 38.5 Å². The first-order chi connectivity index (χ1) is 31.1. The van der Waals surface area contributed by atoms with Gasteiger partial charge in [0, 0.05) is 53.1 Å². The summed E-state index contributed by atoms with van der Waals surface area (Å²) in [5.41, 5.74) is -2.66. The highest BCUT2D eigenvalue weighted by molar-refractivity contribution is 6.13. The van der Waals surface area contributed by atoms with Crippen LogP contribution in [0.3, 0.4) is 0 Å². The molecule has 6 N–H and O–H groups in total. The second kappa shape index (κ2) is 18.4. The number of benzene rings is 2. The summed E-state index contributed by atoms with van der Waals surface area (Å²) in [6, 6.07) is 12.3. The number of imide groups is 1. The minimum Gasteiger partial charge on any atom is -0.390 e. The molecular weight excluding hydrogens is 857 g/mol. The quantitative estimate of drug-likeness (QED) is 0.112. The number of alkyl halides is 2. The number of amides is 6. The number of allylic oxidation sites excluding steroid dienone is 4. The molecule has 1 aliphatic heterocycles. The van der Waals surface area contributed by atoms with Crippen LogP contribution in [0.4, 0.5) is 14.5 Å². The molecule has 0 bridgehead atoms. The zero-order valence-electron chi connectivity index (χ0n) is 37.6. The predicted molar refractivity (Wildman–Crippen MR) is 236 cm³/mol. The third-order valence-corrected chi connectivity index (χ3v) is 14.8. The molecule has 15 nitrogen and oxygen atoms in total. The lowest BCUT2D eigenvalue weighted by Crippen LogP contribution is -2.69. The normalized spacial score (nSPS) is 31.2. The van der Waals surface area contributed by atoms with Crippen molar-refractivity contribution in [2.45, 2.75) is 115 Å². The van der Waals surface area contributed by atoms with Crippen LogP contribution in [0, 0.1) is 22.7 Å². The maximum absolute atomic E-state index is 17.5. The Bertz CT molecular complexity index is 2390. The van der Waals surface area contributed by atoms with E-state index in [4.69, 9.17) is 4.74 Å². The van der Waals surface area contributed by atoms with Crippen LogP contribution in [0.15, 0.2) is 84.5 Å². The van der Waals surface area contributed by atoms with E-state index in [1.165, 1.54) is 32.1 Å². The van der Waals surface area contributed by atoms with Gasteiger partial charge in [0.15, 0.2) is 17.7 Å². The summed E-state index contributed by atoms with van der Waals surface area (Å²) in [7, 11) is 0. The first kappa shape index (κ1) is 48.0. The van der Waals surface area contributed by atoms with Crippen molar-refractivity contribution in [1.29, 1.82) is 0 Å². The fourth-order valence-electron chi connectivity index (χ4n) is 10.9. The second-order valence-corrected chi connectivity index (χ2v) is 18.9. The fourth-order valence-corrected chi connectivity index (χ4v) is 10.9. The number of nitrogens with one attached hydrogen (secondary N) is 4. The number of carbonyl (C=O) groups excluding carboxylic acids is 7. The Labute approximate surface area is 381 Å². The van der Waals surface area contributed by atoms with E-state index in [9.17, 15) is 43.8 Å². The van der Waals surface area contributed by atoms with Gasteiger partial charge in [-0.25, -0.2) is 8.78 Å². The Balaban J connectivity index is 0.884. The van der Waals surface area contributed by atoms with Crippen LogP contribution < -0.4 is 21.3 Å². The van der Waals surface area contributed by atoms with E-state index < -0.39 is 106 Å². The number of carbonyl (C=O) groups is 7. The standard InChI is InChI=1S/C49H57F2N5O10/c1-27(53-40(60)26-52-39(59)17-20-56-41(61)13-14-42(56)62)43(63)54-28(2)44(64)55-32-8-6-7-30(22-32)21-29-9-11-31(12-10-29)45(65)66-48(5)19-16-34-35-24-37(50)36-23-33(57)15-18-46(36,3)49(35,51)38(58)25-47(34,48)4/h6-15,18,22-23,27-28,34-35,37-38,45,58,65H,16-17,19-21,24-26H2,1-5H3,(H,52,59)(H,53,60)(H,54,63)(H,55,64)/t27?,28-,34?,35?,37-,38?,45+,46?,47?,48+,49-/m0/s1. The van der Waals surface area contributed by atoms with Gasteiger partial charge < -0.3 is 36.2 Å². The molecular formula is C49H57F2N5O10. The van der Waals surface area contributed by atoms with E-state index in [-0.39, 0.29) is 37.3 Å². The molecule has 1 heterocycles. The van der Waals surface area contributed by atoms with Gasteiger partial charge >= 0.3 is 0 Å². The largest absolute Gasteiger partial charge is 0.390 e. The summed E-state index contributed by atoms with van der Waals surface area (Å²) in [6.07, 6.45) is 2.82. The smallest absolute Gasteiger partial charge is 0.253 e. The number of ketones is 1. The summed E-state index contributed by atoms with van der Waals surface area (Å²) < 4.78 is 39.8. The van der Waals surface area contributed by atoms with Crippen molar-refractivity contribution in [3.05, 3.63) is 101 Å². The van der Waals surface area contributed by atoms with Crippen molar-refractivity contribution in [1.82, 2.24) is 20.9 Å². The minimum absolute atomic E-state index is 0.0295. The van der Waals surface area contributed by atoms with Crippen LogP contribution in [-0.2, 0) is 44.7 Å². The molecule has 66 heavy (non-hydrogen) atoms. The molecule has 5 aliphatic rings. The number of aliphatic hydroxyl groups excluding tert-OH is 2. The van der Waals surface area contributed by atoms with Crippen molar-refractivity contribution in [3.63, 3.8) is 0 Å². The van der Waals surface area contributed by atoms with Crippen molar-refractivity contribution < 1.29 is 57.3 Å². The summed E-state index contributed by atoms with van der Waals surface area (Å²) >= 11 is 0. The van der Waals surface area contributed by atoms with Gasteiger partial charge in [0.2, 0.25) is 23.6 Å². The molecule has 7 rings (SSSR count). The van der Waals surface area contributed by atoms with Gasteiger partial charge in [-0.15, -0.1) is 0 Å². The Kier molecular flexibility index (Phi) is 13.4. The predicted octanol–water partition coefficient (Wildman–Crippen LogP) is 3.74. The van der Waals surface area contributed by atoms with E-state index in [1.54, 1.807) is 37.3 Å². The number of hydrogen-bond acceptors (Lipinski definition) is 10. The molecule has 3 fully saturated rings. The van der Waals surface area contributed by atoms with Crippen LogP contribution in [0.2, 0.25) is 0 Å². The first-order valence-electron chi connectivity index (χ1n) is 22.3. The van der Waals surface area contributed by atoms with Gasteiger partial charge in [-0.2, -0.15) is 0 Å². The van der Waals surface area contributed by atoms with Gasteiger partial charge in [0.25, 0.3) is 11.8 Å². The molecule has 0 spiro atoms. The van der Waals surface area contributed by atoms with E-state index in [0.717, 1.165) is 28.2 Å². The topological polar surface area (TPSA) is 221 Å². The number of ether oxygens (including phenoxy) is 1. The van der Waals surface area contributed by atoms with E-state index in [0.29, 0.717) is 30.5 Å². The third-order valence-electron chi connectivity index (χ3n) is 14.8.